The number of hydrogen-bond donors (Lipinski definition) is 0. The number of hydrogen-bond acceptors (Lipinski definition) is 0. The van der Waals surface area contributed by atoms with Crippen molar-refractivity contribution in [2.45, 2.75) is 0 Å². The Balaban J connectivity index is 0. The molecule has 0 saturated carbocycles. The van der Waals surface area contributed by atoms with E-state index >= 15 is 0 Å². The molecule has 0 saturated heterocycles. The molecule has 4 heavy (non-hydrogen) atoms. The molecular weight excluding hydrogens is 140 g/mol. The standard InChI is InChI=1S/3K.Na.4H. The van der Waals surface area contributed by atoms with Crippen LogP contribution in [-0.2, 0) is 0 Å². The predicted octanol–water partition coefficient (Wildman–Crippen LogP) is -2.59. The molecule has 0 radical (unpaired) electrons. The minimum absolute atomic E-state index is 0. The van der Waals surface area contributed by atoms with E-state index < -0.39 is 0 Å². The van der Waals surface area contributed by atoms with Gasteiger partial charge >= 0.3 is 184 Å². The van der Waals surface area contributed by atoms with E-state index in [1.165, 1.54) is 0 Å². The zero-order chi connectivity index (χ0) is 0. The van der Waals surface area contributed by atoms with Gasteiger partial charge in [0.2, 0.25) is 0 Å². The first-order valence-electron chi connectivity index (χ1n) is 0. The fourth-order valence-electron chi connectivity index (χ4n) is 0. The Morgan fingerprint density at radius 2 is 0.500 bits per heavy atom. The molecule has 0 atom stereocenters. The van der Waals surface area contributed by atoms with Gasteiger partial charge in [0.25, 0.3) is 0 Å². The maximum atomic E-state index is 0. The summed E-state index contributed by atoms with van der Waals surface area (Å²) >= 11 is 0. The van der Waals surface area contributed by atoms with Gasteiger partial charge in [-0.05, 0) is 0 Å². The van der Waals surface area contributed by atoms with E-state index in [2.05, 4.69) is 0 Å². The molecule has 0 bridgehead atoms. The average molecular weight is 144 g/mol. The van der Waals surface area contributed by atoms with Crippen LogP contribution in [0, 0.1) is 0 Å². The van der Waals surface area contributed by atoms with E-state index in [0.29, 0.717) is 0 Å². The second-order valence-electron chi connectivity index (χ2n) is 0. The Hall–Kier alpha value is 5.91. The summed E-state index contributed by atoms with van der Waals surface area (Å²) in [6.07, 6.45) is 0. The zero-order valence-corrected chi connectivity index (χ0v) is 0. The predicted molar refractivity (Wildman–Crippen MR) is 28.6 cm³/mol. The van der Waals surface area contributed by atoms with E-state index in [1.54, 1.807) is 0 Å². The summed E-state index contributed by atoms with van der Waals surface area (Å²) in [5.74, 6) is 0. The molecule has 0 aromatic heterocycles. The van der Waals surface area contributed by atoms with Crippen LogP contribution >= 0.6 is 0 Å². The first kappa shape index (κ1) is 22.5. The first-order chi connectivity index (χ1) is 0. The zero-order valence-electron chi connectivity index (χ0n) is 0. The molecule has 0 fully saturated rings. The van der Waals surface area contributed by atoms with Crippen LogP contribution in [-0.4, -0.2) is 184 Å². The van der Waals surface area contributed by atoms with Crippen molar-refractivity contribution in [2.24, 2.45) is 0 Å². The van der Waals surface area contributed by atoms with Crippen LogP contribution in [0.2, 0.25) is 0 Å². The van der Waals surface area contributed by atoms with Gasteiger partial charge < -0.3 is 0 Å². The van der Waals surface area contributed by atoms with Gasteiger partial charge in [0.15, 0.2) is 0 Å². The van der Waals surface area contributed by atoms with E-state index in [1.807, 2.05) is 0 Å². The monoisotopic (exact) mass is 144 g/mol. The quantitative estimate of drug-likeness (QED) is 0.327. The Labute approximate surface area is 177 Å². The summed E-state index contributed by atoms with van der Waals surface area (Å²) < 4.78 is 0. The number of rotatable bonds is 0. The third-order valence-electron chi connectivity index (χ3n) is 0. The molecule has 4 heteroatoms. The Morgan fingerprint density at radius 1 is 0.500 bits per heavy atom. The summed E-state index contributed by atoms with van der Waals surface area (Å²) in [5, 5.41) is 0. The average Bonchev–Trinajstić information content (AvgIpc) is 0. The van der Waals surface area contributed by atoms with Crippen molar-refractivity contribution in [1.82, 2.24) is 0 Å². The van der Waals surface area contributed by atoms with Crippen LogP contribution in [0.1, 0.15) is 0 Å². The van der Waals surface area contributed by atoms with Crippen LogP contribution in [0.25, 0.3) is 0 Å². The molecular formula is H4K3Na. The fourth-order valence-corrected chi connectivity index (χ4v) is 0. The van der Waals surface area contributed by atoms with Crippen molar-refractivity contribution >= 4 is 184 Å². The van der Waals surface area contributed by atoms with Gasteiger partial charge in [-0.3, -0.25) is 0 Å². The molecule has 0 nitrogen and oxygen atoms in total. The topological polar surface area (TPSA) is 0 Å². The molecule has 0 aliphatic rings. The SMILES string of the molecule is [KH].[KH].[KH].[NaH]. The van der Waals surface area contributed by atoms with Crippen LogP contribution < -0.4 is 0 Å². The van der Waals surface area contributed by atoms with Crippen molar-refractivity contribution in [2.75, 3.05) is 0 Å². The van der Waals surface area contributed by atoms with Gasteiger partial charge in [-0.25, -0.2) is 0 Å². The molecule has 8 valence electrons. The minimum atomic E-state index is 0. The van der Waals surface area contributed by atoms with E-state index in [-0.39, 0.29) is 184 Å². The van der Waals surface area contributed by atoms with E-state index in [4.69, 9.17) is 0 Å². The first-order valence-corrected chi connectivity index (χ1v) is 0. The molecule has 0 N–H and O–H groups in total. The molecule has 0 spiro atoms. The Bertz CT molecular complexity index is 3.25. The van der Waals surface area contributed by atoms with Gasteiger partial charge in [-0.1, -0.05) is 0 Å². The van der Waals surface area contributed by atoms with Gasteiger partial charge in [0.1, 0.15) is 0 Å². The van der Waals surface area contributed by atoms with Gasteiger partial charge in [-0.15, -0.1) is 0 Å². The molecule has 0 aromatic carbocycles. The molecule has 0 rings (SSSR count). The van der Waals surface area contributed by atoms with Crippen molar-refractivity contribution < 1.29 is 0 Å². The molecule has 0 unspecified atom stereocenters. The van der Waals surface area contributed by atoms with Crippen molar-refractivity contribution in [3.8, 4) is 0 Å². The van der Waals surface area contributed by atoms with Crippen LogP contribution in [0.4, 0.5) is 0 Å². The van der Waals surface area contributed by atoms with Crippen LogP contribution in [0.3, 0.4) is 0 Å². The molecule has 0 aromatic rings. The maximum absolute atomic E-state index is 0. The summed E-state index contributed by atoms with van der Waals surface area (Å²) in [4.78, 5) is 0. The summed E-state index contributed by atoms with van der Waals surface area (Å²) in [5.41, 5.74) is 0. The molecule has 0 heterocycles. The third kappa shape index (κ3) is 10.8. The van der Waals surface area contributed by atoms with Crippen LogP contribution in [0.5, 0.6) is 0 Å². The van der Waals surface area contributed by atoms with Crippen molar-refractivity contribution in [3.05, 3.63) is 0 Å². The van der Waals surface area contributed by atoms with Gasteiger partial charge in [0, 0.05) is 0 Å². The van der Waals surface area contributed by atoms with Crippen LogP contribution in [0.15, 0.2) is 0 Å². The van der Waals surface area contributed by atoms with Gasteiger partial charge in [-0.2, -0.15) is 0 Å². The fraction of sp³-hybridized carbons (Fsp3) is 0. The second-order valence-corrected chi connectivity index (χ2v) is 0. The van der Waals surface area contributed by atoms with Crippen molar-refractivity contribution in [3.63, 3.8) is 0 Å². The van der Waals surface area contributed by atoms with E-state index in [0.717, 1.165) is 0 Å². The van der Waals surface area contributed by atoms with Gasteiger partial charge in [0.05, 0.1) is 0 Å². The Morgan fingerprint density at radius 3 is 0.500 bits per heavy atom. The molecule has 0 aliphatic heterocycles. The summed E-state index contributed by atoms with van der Waals surface area (Å²) in [6.45, 7) is 0. The van der Waals surface area contributed by atoms with Crippen molar-refractivity contribution in [1.29, 1.82) is 0 Å². The Kier molecular flexibility index (Phi) is 89.9. The summed E-state index contributed by atoms with van der Waals surface area (Å²) in [7, 11) is 0. The van der Waals surface area contributed by atoms with E-state index in [9.17, 15) is 0 Å². The molecule has 0 aliphatic carbocycles. The second kappa shape index (κ2) is 16.0. The normalized spacial score (nSPS) is 0. The summed E-state index contributed by atoms with van der Waals surface area (Å²) in [6, 6.07) is 0. The molecule has 0 amide bonds. The third-order valence-corrected chi connectivity index (χ3v) is 0.